The SMILES string of the molecule is CCC(CC)CC[SiH2]OC(C)C. The third-order valence-corrected chi connectivity index (χ3v) is 3.96. The van der Waals surface area contributed by atoms with Crippen LogP contribution in [0.25, 0.3) is 0 Å². The average molecular weight is 188 g/mol. The maximum atomic E-state index is 5.62. The molecule has 0 aromatic carbocycles. The van der Waals surface area contributed by atoms with Gasteiger partial charge >= 0.3 is 0 Å². The van der Waals surface area contributed by atoms with Crippen molar-refractivity contribution in [2.75, 3.05) is 0 Å². The molecule has 0 N–H and O–H groups in total. The van der Waals surface area contributed by atoms with Gasteiger partial charge in [-0.05, 0) is 25.8 Å². The van der Waals surface area contributed by atoms with Crippen molar-refractivity contribution in [2.45, 2.75) is 59.1 Å². The van der Waals surface area contributed by atoms with Crippen LogP contribution in [0.1, 0.15) is 47.0 Å². The summed E-state index contributed by atoms with van der Waals surface area (Å²) in [5, 5.41) is 0. The van der Waals surface area contributed by atoms with Gasteiger partial charge in [-0.25, -0.2) is 0 Å². The molecule has 0 bridgehead atoms. The molecule has 0 fully saturated rings. The molecule has 0 saturated carbocycles. The van der Waals surface area contributed by atoms with Gasteiger partial charge in [0.25, 0.3) is 0 Å². The highest BCUT2D eigenvalue weighted by molar-refractivity contribution is 6.27. The Morgan fingerprint density at radius 1 is 1.17 bits per heavy atom. The van der Waals surface area contributed by atoms with Crippen molar-refractivity contribution >= 4 is 9.76 Å². The molecule has 0 aromatic heterocycles. The monoisotopic (exact) mass is 188 g/mol. The van der Waals surface area contributed by atoms with Crippen molar-refractivity contribution in [3.63, 3.8) is 0 Å². The number of hydrogen-bond donors (Lipinski definition) is 0. The van der Waals surface area contributed by atoms with Gasteiger partial charge < -0.3 is 4.43 Å². The van der Waals surface area contributed by atoms with Gasteiger partial charge in [0.05, 0.1) is 0 Å². The van der Waals surface area contributed by atoms with E-state index in [4.69, 9.17) is 4.43 Å². The second-order valence-corrected chi connectivity index (χ2v) is 5.19. The third kappa shape index (κ3) is 6.86. The van der Waals surface area contributed by atoms with E-state index in [1.807, 2.05) is 0 Å². The van der Waals surface area contributed by atoms with Crippen LogP contribution in [-0.2, 0) is 4.43 Å². The van der Waals surface area contributed by atoms with Crippen LogP contribution in [0.4, 0.5) is 0 Å². The van der Waals surface area contributed by atoms with Crippen LogP contribution in [0, 0.1) is 5.92 Å². The Morgan fingerprint density at radius 2 is 1.75 bits per heavy atom. The molecule has 0 spiro atoms. The molecule has 0 atom stereocenters. The molecule has 0 amide bonds. The van der Waals surface area contributed by atoms with Crippen LogP contribution in [0.15, 0.2) is 0 Å². The summed E-state index contributed by atoms with van der Waals surface area (Å²) in [6.45, 7) is 8.84. The van der Waals surface area contributed by atoms with E-state index in [-0.39, 0.29) is 9.76 Å². The first-order valence-electron chi connectivity index (χ1n) is 5.32. The van der Waals surface area contributed by atoms with Crippen LogP contribution >= 0.6 is 0 Å². The van der Waals surface area contributed by atoms with Gasteiger partial charge in [0.2, 0.25) is 0 Å². The predicted octanol–water partition coefficient (Wildman–Crippen LogP) is 2.74. The lowest BCUT2D eigenvalue weighted by Crippen LogP contribution is -2.08. The van der Waals surface area contributed by atoms with Crippen LogP contribution in [-0.4, -0.2) is 15.9 Å². The summed E-state index contributed by atoms with van der Waals surface area (Å²) in [5.41, 5.74) is 0. The summed E-state index contributed by atoms with van der Waals surface area (Å²) in [6, 6.07) is 1.37. The van der Waals surface area contributed by atoms with Crippen molar-refractivity contribution < 1.29 is 4.43 Å². The predicted molar refractivity (Wildman–Crippen MR) is 58.3 cm³/mol. The van der Waals surface area contributed by atoms with Crippen molar-refractivity contribution in [2.24, 2.45) is 5.92 Å². The number of rotatable bonds is 7. The average Bonchev–Trinajstić information content (AvgIpc) is 2.04. The molecule has 0 aliphatic rings. The highest BCUT2D eigenvalue weighted by atomic mass is 28.2. The molecule has 0 aliphatic heterocycles. The first kappa shape index (κ1) is 12.2. The smallest absolute Gasteiger partial charge is 0.161 e. The Hall–Kier alpha value is 0.177. The van der Waals surface area contributed by atoms with Crippen molar-refractivity contribution in [3.05, 3.63) is 0 Å². The summed E-state index contributed by atoms with van der Waals surface area (Å²) >= 11 is 0. The van der Waals surface area contributed by atoms with E-state index in [0.717, 1.165) is 5.92 Å². The van der Waals surface area contributed by atoms with Crippen molar-refractivity contribution in [3.8, 4) is 0 Å². The highest BCUT2D eigenvalue weighted by Gasteiger charge is 2.03. The van der Waals surface area contributed by atoms with Gasteiger partial charge in [0.15, 0.2) is 9.76 Å². The topological polar surface area (TPSA) is 9.23 Å². The maximum absolute atomic E-state index is 5.62. The van der Waals surface area contributed by atoms with E-state index < -0.39 is 0 Å². The molecular weight excluding hydrogens is 164 g/mol. The van der Waals surface area contributed by atoms with Gasteiger partial charge in [-0.2, -0.15) is 0 Å². The third-order valence-electron chi connectivity index (χ3n) is 2.36. The fourth-order valence-corrected chi connectivity index (χ4v) is 2.77. The maximum Gasteiger partial charge on any atom is 0.161 e. The van der Waals surface area contributed by atoms with Gasteiger partial charge in [0.1, 0.15) is 0 Å². The largest absolute Gasteiger partial charge is 0.422 e. The zero-order chi connectivity index (χ0) is 9.40. The molecule has 0 unspecified atom stereocenters. The van der Waals surface area contributed by atoms with Crippen LogP contribution in [0.5, 0.6) is 0 Å². The van der Waals surface area contributed by atoms with E-state index in [0.29, 0.717) is 6.10 Å². The Kier molecular flexibility index (Phi) is 7.92. The minimum absolute atomic E-state index is 0.198. The van der Waals surface area contributed by atoms with Gasteiger partial charge in [-0.15, -0.1) is 0 Å². The standard InChI is InChI=1S/C10H24OSi/c1-5-10(6-2)7-8-12-11-9(3)4/h9-10H,5-8,12H2,1-4H3. The summed E-state index contributed by atoms with van der Waals surface area (Å²) in [4.78, 5) is 0. The van der Waals surface area contributed by atoms with E-state index in [1.54, 1.807) is 0 Å². The normalized spacial score (nSPS) is 12.5. The Morgan fingerprint density at radius 3 is 2.17 bits per heavy atom. The summed E-state index contributed by atoms with van der Waals surface area (Å²) in [6.07, 6.45) is 4.53. The van der Waals surface area contributed by atoms with E-state index in [1.165, 1.54) is 25.3 Å². The second-order valence-electron chi connectivity index (χ2n) is 3.74. The Balaban J connectivity index is 3.17. The van der Waals surface area contributed by atoms with Gasteiger partial charge in [-0.1, -0.05) is 33.1 Å². The minimum atomic E-state index is -0.198. The molecule has 12 heavy (non-hydrogen) atoms. The second kappa shape index (κ2) is 7.81. The lowest BCUT2D eigenvalue weighted by molar-refractivity contribution is 0.253. The van der Waals surface area contributed by atoms with Crippen LogP contribution < -0.4 is 0 Å². The molecule has 0 saturated heterocycles. The summed E-state index contributed by atoms with van der Waals surface area (Å²) in [5.74, 6) is 0.952. The first-order chi connectivity index (χ1) is 5.70. The molecule has 0 heterocycles. The highest BCUT2D eigenvalue weighted by Crippen LogP contribution is 2.14. The van der Waals surface area contributed by atoms with Gasteiger partial charge in [-0.3, -0.25) is 0 Å². The van der Waals surface area contributed by atoms with Crippen LogP contribution in [0.2, 0.25) is 6.04 Å². The summed E-state index contributed by atoms with van der Waals surface area (Å²) in [7, 11) is -0.198. The van der Waals surface area contributed by atoms with E-state index in [2.05, 4.69) is 27.7 Å². The molecule has 74 valence electrons. The quantitative estimate of drug-likeness (QED) is 0.441. The zero-order valence-corrected chi connectivity index (χ0v) is 10.5. The molecule has 0 rings (SSSR count). The summed E-state index contributed by atoms with van der Waals surface area (Å²) < 4.78 is 5.62. The van der Waals surface area contributed by atoms with Crippen molar-refractivity contribution in [1.82, 2.24) is 0 Å². The molecule has 0 aliphatic carbocycles. The molecule has 2 heteroatoms. The lowest BCUT2D eigenvalue weighted by Gasteiger charge is -2.12. The fourth-order valence-electron chi connectivity index (χ4n) is 1.39. The minimum Gasteiger partial charge on any atom is -0.422 e. The van der Waals surface area contributed by atoms with E-state index in [9.17, 15) is 0 Å². The number of hydrogen-bond acceptors (Lipinski definition) is 1. The van der Waals surface area contributed by atoms with E-state index >= 15 is 0 Å². The first-order valence-corrected chi connectivity index (χ1v) is 6.90. The Labute approximate surface area is 79.8 Å². The molecular formula is C10H24OSi. The van der Waals surface area contributed by atoms with Crippen LogP contribution in [0.3, 0.4) is 0 Å². The fraction of sp³-hybridized carbons (Fsp3) is 1.00. The zero-order valence-electron chi connectivity index (χ0n) is 9.10. The lowest BCUT2D eigenvalue weighted by atomic mass is 10.0. The molecule has 0 aromatic rings. The Bertz CT molecular complexity index is 89.8. The molecule has 0 radical (unpaired) electrons. The van der Waals surface area contributed by atoms with Gasteiger partial charge in [0, 0.05) is 6.10 Å². The van der Waals surface area contributed by atoms with Crippen molar-refractivity contribution in [1.29, 1.82) is 0 Å². The molecule has 1 nitrogen and oxygen atoms in total.